The van der Waals surface area contributed by atoms with Gasteiger partial charge in [0.05, 0.1) is 0 Å². The monoisotopic (exact) mass is 281 g/mol. The Hall–Kier alpha value is 0.454. The van der Waals surface area contributed by atoms with Gasteiger partial charge in [-0.3, -0.25) is 0 Å². The van der Waals surface area contributed by atoms with Crippen LogP contribution in [0.2, 0.25) is 37.3 Å². The van der Waals surface area contributed by atoms with E-state index in [2.05, 4.69) is 53.9 Å². The molecule has 0 aromatic carbocycles. The van der Waals surface area contributed by atoms with Crippen LogP contribution in [0.25, 0.3) is 0 Å². The highest BCUT2D eigenvalue weighted by Gasteiger charge is 2.44. The molecule has 0 saturated carbocycles. The molecule has 0 fully saturated rings. The molecule has 0 unspecified atom stereocenters. The minimum absolute atomic E-state index is 0.443. The van der Waals surface area contributed by atoms with Crippen LogP contribution in [-0.2, 0) is 13.0 Å². The van der Waals surface area contributed by atoms with Gasteiger partial charge in [0.25, 0.3) is 16.6 Å². The van der Waals surface area contributed by atoms with Crippen molar-refractivity contribution in [3.63, 3.8) is 0 Å². The summed E-state index contributed by atoms with van der Waals surface area (Å²) < 4.78 is 23.1. The van der Waals surface area contributed by atoms with Crippen molar-refractivity contribution in [2.75, 3.05) is 0 Å². The molecule has 16 heavy (non-hydrogen) atoms. The van der Waals surface area contributed by atoms with Crippen molar-refractivity contribution in [3.05, 3.63) is 0 Å². The highest BCUT2D eigenvalue weighted by Crippen LogP contribution is 2.39. The van der Waals surface area contributed by atoms with Crippen LogP contribution in [0.3, 0.4) is 0 Å². The molecule has 0 rings (SSSR count). The zero-order valence-corrected chi connectivity index (χ0v) is 14.7. The lowest BCUT2D eigenvalue weighted by Gasteiger charge is -2.22. The molecule has 0 spiro atoms. The predicted molar refractivity (Wildman–Crippen MR) is 74.9 cm³/mol. The molecule has 96 valence electrons. The second kappa shape index (κ2) is 5.87. The maximum Gasteiger partial charge on any atom is 0.673 e. The quantitative estimate of drug-likeness (QED) is 0.513. The van der Waals surface area contributed by atoms with E-state index in [9.17, 15) is 4.57 Å². The third-order valence-electron chi connectivity index (χ3n) is 3.40. The van der Waals surface area contributed by atoms with Gasteiger partial charge in [-0.2, -0.15) is 8.43 Å². The normalized spacial score (nSPS) is 13.6. The average Bonchev–Trinajstić information content (AvgIpc) is 2.00. The fourth-order valence-corrected chi connectivity index (χ4v) is 5.86. The zero-order chi connectivity index (χ0) is 13.1. The van der Waals surface area contributed by atoms with E-state index in [1.54, 1.807) is 0 Å². The van der Waals surface area contributed by atoms with Crippen molar-refractivity contribution < 1.29 is 13.0 Å². The van der Waals surface area contributed by atoms with E-state index >= 15 is 0 Å². The van der Waals surface area contributed by atoms with E-state index < -0.39 is 24.9 Å². The Labute approximate surface area is 103 Å². The summed E-state index contributed by atoms with van der Waals surface area (Å²) in [6.07, 6.45) is 0. The van der Waals surface area contributed by atoms with Gasteiger partial charge in [0.2, 0.25) is 0 Å². The van der Waals surface area contributed by atoms with Crippen LogP contribution < -0.4 is 0 Å². The first-order valence-corrected chi connectivity index (χ1v) is 12.9. The molecule has 0 radical (unpaired) electrons. The summed E-state index contributed by atoms with van der Waals surface area (Å²) in [6, 6.07) is 0. The first-order chi connectivity index (χ1) is 6.99. The third kappa shape index (κ3) is 5.19. The molecule has 0 aromatic rings. The molecule has 0 N–H and O–H groups in total. The molecule has 0 saturated heterocycles. The molecule has 0 bridgehead atoms. The summed E-state index contributed by atoms with van der Waals surface area (Å²) in [7, 11) is -5.68. The molecule has 0 aliphatic carbocycles. The van der Waals surface area contributed by atoms with Crippen molar-refractivity contribution in [2.45, 2.75) is 65.0 Å². The van der Waals surface area contributed by atoms with Gasteiger partial charge >= 0.3 is 8.25 Å². The molecule has 0 aromatic heterocycles. The van der Waals surface area contributed by atoms with E-state index in [0.29, 0.717) is 11.1 Å². The summed E-state index contributed by atoms with van der Waals surface area (Å²) >= 11 is 0. The molecular weight excluding hydrogens is 255 g/mol. The predicted octanol–water partition coefficient (Wildman–Crippen LogP) is 4.91. The highest BCUT2D eigenvalue weighted by molar-refractivity contribution is 7.38. The van der Waals surface area contributed by atoms with Crippen molar-refractivity contribution in [1.29, 1.82) is 0 Å². The number of rotatable bonds is 6. The smallest absolute Gasteiger partial charge is 0.176 e. The molecular formula is C10H26O3PSi2+. The van der Waals surface area contributed by atoms with Crippen LogP contribution in [-0.4, -0.2) is 16.6 Å². The zero-order valence-electron chi connectivity index (χ0n) is 11.8. The van der Waals surface area contributed by atoms with Crippen molar-refractivity contribution in [1.82, 2.24) is 0 Å². The summed E-state index contributed by atoms with van der Waals surface area (Å²) in [6.45, 7) is 16.8. The lowest BCUT2D eigenvalue weighted by atomic mass is 10.6. The largest absolute Gasteiger partial charge is 0.673 e. The van der Waals surface area contributed by atoms with Gasteiger partial charge in [0.15, 0.2) is 0 Å². The minimum Gasteiger partial charge on any atom is -0.176 e. The van der Waals surface area contributed by atoms with Crippen LogP contribution in [0.4, 0.5) is 0 Å². The van der Waals surface area contributed by atoms with E-state index in [0.717, 1.165) is 0 Å². The second-order valence-corrected chi connectivity index (χ2v) is 16.6. The van der Waals surface area contributed by atoms with E-state index in [1.807, 2.05) is 0 Å². The Bertz CT molecular complexity index is 228. The second-order valence-electron chi connectivity index (χ2n) is 5.92. The number of hydrogen-bond donors (Lipinski definition) is 0. The molecule has 0 amide bonds. The van der Waals surface area contributed by atoms with Crippen LogP contribution in [0.5, 0.6) is 0 Å². The van der Waals surface area contributed by atoms with Crippen molar-refractivity contribution in [3.8, 4) is 0 Å². The molecule has 6 heteroatoms. The van der Waals surface area contributed by atoms with Gasteiger partial charge in [-0.1, -0.05) is 27.7 Å². The Morgan fingerprint density at radius 2 is 1.06 bits per heavy atom. The molecule has 0 heterocycles. The van der Waals surface area contributed by atoms with Gasteiger partial charge in [-0.15, -0.1) is 0 Å². The Kier molecular flexibility index (Phi) is 6.04. The van der Waals surface area contributed by atoms with Gasteiger partial charge in [0, 0.05) is 4.57 Å². The van der Waals surface area contributed by atoms with Crippen LogP contribution in [0.15, 0.2) is 0 Å². The highest BCUT2D eigenvalue weighted by atomic mass is 31.1. The van der Waals surface area contributed by atoms with Crippen molar-refractivity contribution in [2.24, 2.45) is 0 Å². The number of hydrogen-bond acceptors (Lipinski definition) is 3. The maximum atomic E-state index is 11.9. The van der Waals surface area contributed by atoms with Gasteiger partial charge in [-0.25, -0.2) is 0 Å². The summed E-state index contributed by atoms with van der Waals surface area (Å²) in [5, 5.41) is 0. The van der Waals surface area contributed by atoms with Gasteiger partial charge in [0.1, 0.15) is 0 Å². The Balaban J connectivity index is 4.41. The minimum atomic E-state index is -1.95. The summed E-state index contributed by atoms with van der Waals surface area (Å²) in [5.41, 5.74) is 0.887. The van der Waals surface area contributed by atoms with E-state index in [4.69, 9.17) is 8.43 Å². The van der Waals surface area contributed by atoms with E-state index in [1.165, 1.54) is 0 Å². The third-order valence-corrected chi connectivity index (χ3v) is 13.9. The fourth-order valence-electron chi connectivity index (χ4n) is 0.614. The van der Waals surface area contributed by atoms with E-state index in [-0.39, 0.29) is 0 Å². The van der Waals surface area contributed by atoms with Gasteiger partial charge in [-0.05, 0) is 37.3 Å². The van der Waals surface area contributed by atoms with Crippen molar-refractivity contribution >= 4 is 24.9 Å². The molecule has 0 aliphatic rings. The maximum absolute atomic E-state index is 11.9. The van der Waals surface area contributed by atoms with Crippen LogP contribution in [0, 0.1) is 0 Å². The lowest BCUT2D eigenvalue weighted by molar-refractivity contribution is 0.401. The first kappa shape index (κ1) is 16.5. The lowest BCUT2D eigenvalue weighted by Crippen LogP contribution is -2.35. The van der Waals surface area contributed by atoms with Crippen LogP contribution >= 0.6 is 8.25 Å². The Morgan fingerprint density at radius 1 is 0.812 bits per heavy atom. The summed E-state index contributed by atoms with van der Waals surface area (Å²) in [5.74, 6) is 0. The average molecular weight is 281 g/mol. The summed E-state index contributed by atoms with van der Waals surface area (Å²) in [4.78, 5) is 0. The Morgan fingerprint density at radius 3 is 1.25 bits per heavy atom. The van der Waals surface area contributed by atoms with Crippen LogP contribution in [0.1, 0.15) is 27.7 Å². The topological polar surface area (TPSA) is 35.5 Å². The SMILES string of the molecule is CC(C)[Si](C)(C)O[P+](=O)O[Si](C)(C)C(C)C. The molecule has 0 atom stereocenters. The van der Waals surface area contributed by atoms with Gasteiger partial charge < -0.3 is 0 Å². The standard InChI is InChI=1S/C10H26O3PSi2/c1-9(2)15(5,6)12-14(11)13-16(7,8)10(3)4/h9-10H,1-8H3/q+1. The molecule has 0 aliphatic heterocycles. The first-order valence-electron chi connectivity index (χ1n) is 5.84. The molecule has 3 nitrogen and oxygen atoms in total. The fraction of sp³-hybridized carbons (Fsp3) is 1.00.